The Morgan fingerprint density at radius 1 is 1.08 bits per heavy atom. The maximum absolute atomic E-state index is 9.68. The van der Waals surface area contributed by atoms with Gasteiger partial charge < -0.3 is 15.2 Å². The van der Waals surface area contributed by atoms with Gasteiger partial charge in [0.1, 0.15) is 17.0 Å². The number of aromatic amines is 1. The molecule has 0 fully saturated rings. The molecular formula is C16H12N6O2. The first kappa shape index (κ1) is 13.9. The largest absolute Gasteiger partial charge is 0.508 e. The lowest BCUT2D eigenvalue weighted by Gasteiger charge is -2.00. The van der Waals surface area contributed by atoms with Crippen LogP contribution in [0.2, 0.25) is 0 Å². The predicted octanol–water partition coefficient (Wildman–Crippen LogP) is 2.36. The lowest BCUT2D eigenvalue weighted by atomic mass is 10.2. The first-order valence-electron chi connectivity index (χ1n) is 7.13. The number of aromatic nitrogens is 4. The number of para-hydroxylation sites is 1. The summed E-state index contributed by atoms with van der Waals surface area (Å²) in [7, 11) is 0. The molecule has 4 rings (SSSR count). The molecule has 0 aliphatic carbocycles. The van der Waals surface area contributed by atoms with Crippen LogP contribution in [0.1, 0.15) is 5.56 Å². The van der Waals surface area contributed by atoms with Gasteiger partial charge in [-0.3, -0.25) is 0 Å². The van der Waals surface area contributed by atoms with Gasteiger partial charge in [-0.2, -0.15) is 10.1 Å². The molecular weight excluding hydrogens is 308 g/mol. The van der Waals surface area contributed by atoms with Crippen molar-refractivity contribution < 1.29 is 10.2 Å². The molecule has 2 heterocycles. The number of hydrogen-bond acceptors (Lipinski definition) is 7. The second-order valence-corrected chi connectivity index (χ2v) is 5.12. The van der Waals surface area contributed by atoms with Crippen LogP contribution in [0.5, 0.6) is 11.5 Å². The average Bonchev–Trinajstić information content (AvgIpc) is 2.94. The van der Waals surface area contributed by atoms with E-state index < -0.39 is 0 Å². The van der Waals surface area contributed by atoms with Gasteiger partial charge >= 0.3 is 0 Å². The van der Waals surface area contributed by atoms with Crippen LogP contribution in [0.3, 0.4) is 0 Å². The van der Waals surface area contributed by atoms with Crippen LogP contribution in [-0.4, -0.2) is 36.6 Å². The molecule has 2 aromatic heterocycles. The lowest BCUT2D eigenvalue weighted by Crippen LogP contribution is -1.99. The first-order chi connectivity index (χ1) is 11.7. The number of rotatable bonds is 3. The van der Waals surface area contributed by atoms with Gasteiger partial charge in [0.25, 0.3) is 5.95 Å². The zero-order valence-electron chi connectivity index (χ0n) is 12.3. The van der Waals surface area contributed by atoms with Crippen molar-refractivity contribution in [2.24, 2.45) is 5.10 Å². The number of benzene rings is 2. The van der Waals surface area contributed by atoms with Crippen LogP contribution < -0.4 is 5.43 Å². The number of nitrogens with zero attached hydrogens (tertiary/aromatic N) is 4. The summed E-state index contributed by atoms with van der Waals surface area (Å²) in [5.74, 6) is 0.128. The Morgan fingerprint density at radius 3 is 2.83 bits per heavy atom. The molecule has 0 aliphatic rings. The number of anilines is 1. The highest BCUT2D eigenvalue weighted by Crippen LogP contribution is 2.22. The van der Waals surface area contributed by atoms with Gasteiger partial charge in [-0.1, -0.05) is 18.2 Å². The van der Waals surface area contributed by atoms with E-state index >= 15 is 0 Å². The topological polar surface area (TPSA) is 119 Å². The zero-order chi connectivity index (χ0) is 16.5. The Bertz CT molecular complexity index is 1070. The number of phenols is 2. The third-order valence-corrected chi connectivity index (χ3v) is 3.50. The molecule has 8 heteroatoms. The summed E-state index contributed by atoms with van der Waals surface area (Å²) in [6.45, 7) is 0. The highest BCUT2D eigenvalue weighted by Gasteiger charge is 2.08. The van der Waals surface area contributed by atoms with E-state index in [9.17, 15) is 10.2 Å². The van der Waals surface area contributed by atoms with Crippen molar-refractivity contribution in [3.8, 4) is 11.5 Å². The van der Waals surface area contributed by atoms with Gasteiger partial charge in [0.15, 0.2) is 5.65 Å². The molecule has 4 N–H and O–H groups in total. The van der Waals surface area contributed by atoms with Crippen molar-refractivity contribution in [2.75, 3.05) is 5.43 Å². The second kappa shape index (κ2) is 5.51. The number of aromatic hydroxyl groups is 2. The fourth-order valence-electron chi connectivity index (χ4n) is 2.37. The average molecular weight is 320 g/mol. The predicted molar refractivity (Wildman–Crippen MR) is 90.2 cm³/mol. The summed E-state index contributed by atoms with van der Waals surface area (Å²) in [5, 5.41) is 32.0. The molecule has 0 saturated heterocycles. The Morgan fingerprint density at radius 2 is 1.96 bits per heavy atom. The van der Waals surface area contributed by atoms with Crippen molar-refractivity contribution in [2.45, 2.75) is 0 Å². The minimum atomic E-state index is -0.0781. The molecule has 0 bridgehead atoms. The molecule has 0 spiro atoms. The fraction of sp³-hybridized carbons (Fsp3) is 0. The molecule has 0 aliphatic heterocycles. The standard InChI is InChI=1S/C16H12N6O2/c23-10-6-5-9(13(24)7-10)8-17-21-16-19-15-14(20-22-16)11-3-1-2-4-12(11)18-15/h1-8,23-24H,(H2,18,19,21,22). The molecule has 4 aromatic rings. The Hall–Kier alpha value is -3.68. The number of nitrogens with one attached hydrogen (secondary N) is 2. The van der Waals surface area contributed by atoms with E-state index in [1.807, 2.05) is 24.3 Å². The molecule has 2 aromatic carbocycles. The first-order valence-corrected chi connectivity index (χ1v) is 7.13. The number of hydrazone groups is 1. The van der Waals surface area contributed by atoms with Crippen molar-refractivity contribution in [1.82, 2.24) is 20.2 Å². The quantitative estimate of drug-likeness (QED) is 0.340. The highest BCUT2D eigenvalue weighted by molar-refractivity contribution is 6.03. The fourth-order valence-corrected chi connectivity index (χ4v) is 2.37. The van der Waals surface area contributed by atoms with Crippen LogP contribution in [0.4, 0.5) is 5.95 Å². The lowest BCUT2D eigenvalue weighted by molar-refractivity contribution is 0.450. The minimum Gasteiger partial charge on any atom is -0.508 e. The summed E-state index contributed by atoms with van der Waals surface area (Å²) in [4.78, 5) is 7.49. The molecule has 0 atom stereocenters. The third kappa shape index (κ3) is 2.45. The monoisotopic (exact) mass is 320 g/mol. The molecule has 0 amide bonds. The van der Waals surface area contributed by atoms with Gasteiger partial charge in [0, 0.05) is 22.5 Å². The van der Waals surface area contributed by atoms with Crippen LogP contribution in [0.25, 0.3) is 22.1 Å². The molecule has 8 nitrogen and oxygen atoms in total. The van der Waals surface area contributed by atoms with E-state index in [-0.39, 0.29) is 17.4 Å². The number of phenolic OH excluding ortho intramolecular Hbond substituents is 2. The normalized spacial score (nSPS) is 11.5. The van der Waals surface area contributed by atoms with Crippen molar-refractivity contribution in [3.05, 3.63) is 48.0 Å². The molecule has 0 saturated carbocycles. The van der Waals surface area contributed by atoms with Gasteiger partial charge in [-0.25, -0.2) is 5.43 Å². The van der Waals surface area contributed by atoms with Gasteiger partial charge in [0.05, 0.1) is 6.21 Å². The van der Waals surface area contributed by atoms with Crippen LogP contribution in [-0.2, 0) is 0 Å². The van der Waals surface area contributed by atoms with E-state index in [0.29, 0.717) is 16.7 Å². The summed E-state index contributed by atoms with van der Waals surface area (Å²) in [6, 6.07) is 12.0. The van der Waals surface area contributed by atoms with Crippen molar-refractivity contribution in [3.63, 3.8) is 0 Å². The van der Waals surface area contributed by atoms with E-state index in [2.05, 4.69) is 30.7 Å². The number of hydrogen-bond donors (Lipinski definition) is 4. The number of fused-ring (bicyclic) bond motifs is 3. The van der Waals surface area contributed by atoms with E-state index in [4.69, 9.17) is 0 Å². The highest BCUT2D eigenvalue weighted by atomic mass is 16.3. The Labute approximate surface area is 135 Å². The SMILES string of the molecule is Oc1ccc(C=NNc2nnc3c(n2)[nH]c2ccccc23)c(O)c1. The third-order valence-electron chi connectivity index (χ3n) is 3.50. The van der Waals surface area contributed by atoms with E-state index in [0.717, 1.165) is 10.9 Å². The zero-order valence-corrected chi connectivity index (χ0v) is 12.3. The summed E-state index contributed by atoms with van der Waals surface area (Å²) in [5.41, 5.74) is 5.34. The van der Waals surface area contributed by atoms with Crippen molar-refractivity contribution in [1.29, 1.82) is 0 Å². The van der Waals surface area contributed by atoms with Crippen LogP contribution in [0.15, 0.2) is 47.6 Å². The molecule has 118 valence electrons. The van der Waals surface area contributed by atoms with Crippen LogP contribution >= 0.6 is 0 Å². The summed E-state index contributed by atoms with van der Waals surface area (Å²) in [6.07, 6.45) is 1.40. The van der Waals surface area contributed by atoms with E-state index in [1.54, 1.807) is 0 Å². The van der Waals surface area contributed by atoms with Gasteiger partial charge in [0.2, 0.25) is 0 Å². The summed E-state index contributed by atoms with van der Waals surface area (Å²) < 4.78 is 0. The minimum absolute atomic E-state index is 0.0191. The molecule has 24 heavy (non-hydrogen) atoms. The van der Waals surface area contributed by atoms with Gasteiger partial charge in [-0.15, -0.1) is 10.2 Å². The molecule has 0 unspecified atom stereocenters. The Balaban J connectivity index is 1.60. The Kier molecular flexibility index (Phi) is 3.20. The molecule has 0 radical (unpaired) electrons. The summed E-state index contributed by atoms with van der Waals surface area (Å²) >= 11 is 0. The van der Waals surface area contributed by atoms with Crippen LogP contribution in [0, 0.1) is 0 Å². The smallest absolute Gasteiger partial charge is 0.265 e. The van der Waals surface area contributed by atoms with Crippen molar-refractivity contribution >= 4 is 34.2 Å². The van der Waals surface area contributed by atoms with Gasteiger partial charge in [-0.05, 0) is 18.2 Å². The maximum Gasteiger partial charge on any atom is 0.265 e. The van der Waals surface area contributed by atoms with E-state index in [1.165, 1.54) is 24.4 Å². The number of H-pyrrole nitrogens is 1. The maximum atomic E-state index is 9.68. The second-order valence-electron chi connectivity index (χ2n) is 5.12.